The van der Waals surface area contributed by atoms with Crippen molar-refractivity contribution in [3.63, 3.8) is 0 Å². The number of sulfonamides is 1. The molecule has 1 amide bonds. The maximum absolute atomic E-state index is 12.9. The second-order valence-corrected chi connectivity index (χ2v) is 10.3. The first kappa shape index (κ1) is 20.5. The topological polar surface area (TPSA) is 66.5 Å². The molecule has 0 radical (unpaired) electrons. The third kappa shape index (κ3) is 4.22. The standard InChI is InChI=1S/C23H22N2O3S2/c1-16-14-18-15-17(12-13-21(18)25(16)30(2,27)28)23(26)24-20-10-6-7-11-22(20)29-19-8-4-3-5-9-19/h3-13,15-16H,14H2,1-2H3,(H,24,26)/t16-/m1/s1. The first-order valence-electron chi connectivity index (χ1n) is 9.58. The molecule has 4 rings (SSSR count). The smallest absolute Gasteiger partial charge is 0.255 e. The van der Waals surface area contributed by atoms with Crippen molar-refractivity contribution >= 4 is 39.1 Å². The average Bonchev–Trinajstić information content (AvgIpc) is 3.05. The van der Waals surface area contributed by atoms with Gasteiger partial charge in [-0.25, -0.2) is 8.42 Å². The average molecular weight is 439 g/mol. The van der Waals surface area contributed by atoms with Crippen molar-refractivity contribution in [2.75, 3.05) is 15.9 Å². The number of benzene rings is 3. The number of para-hydroxylation sites is 1. The van der Waals surface area contributed by atoms with E-state index in [4.69, 9.17) is 0 Å². The van der Waals surface area contributed by atoms with Gasteiger partial charge in [0.1, 0.15) is 0 Å². The van der Waals surface area contributed by atoms with Crippen LogP contribution in [0.5, 0.6) is 0 Å². The number of carbonyl (C=O) groups excluding carboxylic acids is 1. The Kier molecular flexibility index (Phi) is 5.58. The normalized spacial score (nSPS) is 15.7. The first-order valence-corrected chi connectivity index (χ1v) is 12.2. The van der Waals surface area contributed by atoms with Gasteiger partial charge in [0.25, 0.3) is 5.91 Å². The third-order valence-electron chi connectivity index (χ3n) is 4.96. The zero-order chi connectivity index (χ0) is 21.3. The molecule has 0 aliphatic carbocycles. The molecule has 1 heterocycles. The Morgan fingerprint density at radius 2 is 1.73 bits per heavy atom. The summed E-state index contributed by atoms with van der Waals surface area (Å²) < 4.78 is 25.6. The predicted octanol–water partition coefficient (Wildman–Crippen LogP) is 4.80. The Morgan fingerprint density at radius 1 is 1.03 bits per heavy atom. The number of nitrogens with one attached hydrogen (secondary N) is 1. The minimum Gasteiger partial charge on any atom is -0.321 e. The van der Waals surface area contributed by atoms with Crippen molar-refractivity contribution in [3.8, 4) is 0 Å². The van der Waals surface area contributed by atoms with Crippen LogP contribution in [0.1, 0.15) is 22.8 Å². The number of hydrogen-bond donors (Lipinski definition) is 1. The second kappa shape index (κ2) is 8.16. The summed E-state index contributed by atoms with van der Waals surface area (Å²) in [6, 6.07) is 22.7. The van der Waals surface area contributed by atoms with Crippen LogP contribution in [0.15, 0.2) is 82.6 Å². The van der Waals surface area contributed by atoms with Crippen LogP contribution in [-0.2, 0) is 16.4 Å². The molecule has 1 aliphatic heterocycles. The summed E-state index contributed by atoms with van der Waals surface area (Å²) in [6.07, 6.45) is 1.80. The Balaban J connectivity index is 1.57. The number of nitrogens with zero attached hydrogens (tertiary/aromatic N) is 1. The zero-order valence-electron chi connectivity index (χ0n) is 16.7. The fraction of sp³-hybridized carbons (Fsp3) is 0.174. The Bertz CT molecular complexity index is 1190. The fourth-order valence-corrected chi connectivity index (χ4v) is 5.90. The maximum Gasteiger partial charge on any atom is 0.255 e. The van der Waals surface area contributed by atoms with E-state index < -0.39 is 10.0 Å². The lowest BCUT2D eigenvalue weighted by molar-refractivity contribution is 0.102. The number of hydrogen-bond acceptors (Lipinski definition) is 4. The molecule has 30 heavy (non-hydrogen) atoms. The van der Waals surface area contributed by atoms with Crippen molar-refractivity contribution < 1.29 is 13.2 Å². The molecule has 1 N–H and O–H groups in total. The van der Waals surface area contributed by atoms with E-state index in [1.807, 2.05) is 61.5 Å². The van der Waals surface area contributed by atoms with Crippen LogP contribution in [0, 0.1) is 0 Å². The quantitative estimate of drug-likeness (QED) is 0.621. The minimum atomic E-state index is -3.35. The van der Waals surface area contributed by atoms with Gasteiger partial charge < -0.3 is 5.32 Å². The summed E-state index contributed by atoms with van der Waals surface area (Å²) in [6.45, 7) is 1.87. The molecule has 0 fully saturated rings. The van der Waals surface area contributed by atoms with E-state index >= 15 is 0 Å². The summed E-state index contributed by atoms with van der Waals surface area (Å²) in [5, 5.41) is 3.00. The molecule has 3 aromatic rings. The molecule has 0 saturated heterocycles. The SMILES string of the molecule is C[C@@H]1Cc2cc(C(=O)Nc3ccccc3Sc3ccccc3)ccc2N1S(C)(=O)=O. The first-order chi connectivity index (χ1) is 14.3. The van der Waals surface area contributed by atoms with Crippen LogP contribution in [0.25, 0.3) is 0 Å². The van der Waals surface area contributed by atoms with Crippen molar-refractivity contribution in [2.24, 2.45) is 0 Å². The van der Waals surface area contributed by atoms with Gasteiger partial charge in [-0.2, -0.15) is 0 Å². The summed E-state index contributed by atoms with van der Waals surface area (Å²) in [7, 11) is -3.35. The molecule has 0 spiro atoms. The second-order valence-electron chi connectivity index (χ2n) is 7.32. The summed E-state index contributed by atoms with van der Waals surface area (Å²) in [4.78, 5) is 15.0. The van der Waals surface area contributed by atoms with Crippen molar-refractivity contribution in [1.82, 2.24) is 0 Å². The van der Waals surface area contributed by atoms with Crippen LogP contribution in [-0.4, -0.2) is 26.6 Å². The fourth-order valence-electron chi connectivity index (χ4n) is 3.72. The lowest BCUT2D eigenvalue weighted by Crippen LogP contribution is -2.34. The highest BCUT2D eigenvalue weighted by Gasteiger charge is 2.32. The molecular formula is C23H22N2O3S2. The number of fused-ring (bicyclic) bond motifs is 1. The number of amides is 1. The molecule has 0 aromatic heterocycles. The van der Waals surface area contributed by atoms with E-state index in [2.05, 4.69) is 5.32 Å². The van der Waals surface area contributed by atoms with Crippen LogP contribution in [0.4, 0.5) is 11.4 Å². The van der Waals surface area contributed by atoms with Gasteiger partial charge in [0.15, 0.2) is 0 Å². The Morgan fingerprint density at radius 3 is 2.47 bits per heavy atom. The van der Waals surface area contributed by atoms with Crippen molar-refractivity contribution in [3.05, 3.63) is 83.9 Å². The highest BCUT2D eigenvalue weighted by atomic mass is 32.2. The van der Waals surface area contributed by atoms with Gasteiger partial charge in [-0.1, -0.05) is 42.1 Å². The van der Waals surface area contributed by atoms with E-state index in [0.717, 1.165) is 21.0 Å². The van der Waals surface area contributed by atoms with Crippen molar-refractivity contribution in [2.45, 2.75) is 29.2 Å². The predicted molar refractivity (Wildman–Crippen MR) is 122 cm³/mol. The summed E-state index contributed by atoms with van der Waals surface area (Å²) in [5.74, 6) is -0.218. The van der Waals surface area contributed by atoms with Gasteiger partial charge in [0.05, 0.1) is 17.6 Å². The van der Waals surface area contributed by atoms with Gasteiger partial charge >= 0.3 is 0 Å². The van der Waals surface area contributed by atoms with Gasteiger partial charge in [-0.05, 0) is 61.4 Å². The molecule has 154 valence electrons. The molecule has 5 nitrogen and oxygen atoms in total. The molecule has 0 unspecified atom stereocenters. The maximum atomic E-state index is 12.9. The Hall–Kier alpha value is -2.77. The molecule has 0 bridgehead atoms. The number of anilines is 2. The van der Waals surface area contributed by atoms with E-state index in [9.17, 15) is 13.2 Å². The number of rotatable bonds is 5. The third-order valence-corrected chi connectivity index (χ3v) is 7.31. The summed E-state index contributed by atoms with van der Waals surface area (Å²) in [5.41, 5.74) is 2.77. The molecule has 0 saturated carbocycles. The van der Waals surface area contributed by atoms with Crippen LogP contribution < -0.4 is 9.62 Å². The van der Waals surface area contributed by atoms with Gasteiger partial charge in [-0.3, -0.25) is 9.10 Å². The van der Waals surface area contributed by atoms with Crippen LogP contribution in [0.2, 0.25) is 0 Å². The molecule has 3 aromatic carbocycles. The Labute approximate surface area is 181 Å². The van der Waals surface area contributed by atoms with Gasteiger partial charge in [0.2, 0.25) is 10.0 Å². The molecule has 1 aliphatic rings. The van der Waals surface area contributed by atoms with E-state index in [0.29, 0.717) is 17.7 Å². The van der Waals surface area contributed by atoms with Gasteiger partial charge in [-0.15, -0.1) is 0 Å². The summed E-state index contributed by atoms with van der Waals surface area (Å²) >= 11 is 1.59. The zero-order valence-corrected chi connectivity index (χ0v) is 18.3. The van der Waals surface area contributed by atoms with Crippen LogP contribution in [0.3, 0.4) is 0 Å². The van der Waals surface area contributed by atoms with E-state index in [-0.39, 0.29) is 11.9 Å². The molecule has 7 heteroatoms. The lowest BCUT2D eigenvalue weighted by atomic mass is 10.1. The molecular weight excluding hydrogens is 416 g/mol. The van der Waals surface area contributed by atoms with E-state index in [1.165, 1.54) is 10.6 Å². The van der Waals surface area contributed by atoms with Crippen LogP contribution >= 0.6 is 11.8 Å². The minimum absolute atomic E-state index is 0.156. The number of carbonyl (C=O) groups is 1. The largest absolute Gasteiger partial charge is 0.321 e. The van der Waals surface area contributed by atoms with E-state index in [1.54, 1.807) is 30.0 Å². The van der Waals surface area contributed by atoms with Gasteiger partial charge in [0, 0.05) is 21.4 Å². The molecule has 1 atom stereocenters. The lowest BCUT2D eigenvalue weighted by Gasteiger charge is -2.21. The highest BCUT2D eigenvalue weighted by Crippen LogP contribution is 2.36. The van der Waals surface area contributed by atoms with Crippen molar-refractivity contribution in [1.29, 1.82) is 0 Å². The monoisotopic (exact) mass is 438 g/mol. The highest BCUT2D eigenvalue weighted by molar-refractivity contribution is 7.99.